The summed E-state index contributed by atoms with van der Waals surface area (Å²) in [6, 6.07) is 12.8. The van der Waals surface area contributed by atoms with E-state index in [-0.39, 0.29) is 42.9 Å². The molecule has 0 bridgehead atoms. The summed E-state index contributed by atoms with van der Waals surface area (Å²) < 4.78 is 49.2. The van der Waals surface area contributed by atoms with Gasteiger partial charge >= 0.3 is 0 Å². The number of nitrogens with one attached hydrogen (secondary N) is 1. The van der Waals surface area contributed by atoms with E-state index in [1.807, 2.05) is 0 Å². The van der Waals surface area contributed by atoms with Crippen LogP contribution in [0.5, 0.6) is 0 Å². The fourth-order valence-corrected chi connectivity index (χ4v) is 6.50. The van der Waals surface area contributed by atoms with Crippen LogP contribution < -0.4 is 10.4 Å². The average Bonchev–Trinajstić information content (AvgIpc) is 2.88. The molecule has 2 aromatic carbocycles. The van der Waals surface area contributed by atoms with E-state index < -0.39 is 20.5 Å². The van der Waals surface area contributed by atoms with Crippen LogP contribution in [0.25, 0.3) is 0 Å². The molecule has 2 fully saturated rings. The molecule has 2 saturated heterocycles. The molecule has 0 atom stereocenters. The van der Waals surface area contributed by atoms with Crippen LogP contribution in [0.1, 0.15) is 31.2 Å². The van der Waals surface area contributed by atoms with Gasteiger partial charge in [-0.3, -0.25) is 10.0 Å². The van der Waals surface area contributed by atoms with E-state index in [4.69, 9.17) is 9.47 Å². The van der Waals surface area contributed by atoms with Gasteiger partial charge in [-0.1, -0.05) is 12.1 Å². The molecule has 1 amide bonds. The second-order valence-electron chi connectivity index (χ2n) is 8.67. The van der Waals surface area contributed by atoms with Crippen molar-refractivity contribution in [3.05, 3.63) is 59.9 Å². The van der Waals surface area contributed by atoms with Crippen LogP contribution in [0.15, 0.2) is 53.4 Å². The molecular formula is C24H29FN2O6S. The Bertz CT molecular complexity index is 1080. The fourth-order valence-electron chi connectivity index (χ4n) is 4.56. The summed E-state index contributed by atoms with van der Waals surface area (Å²) in [5.41, 5.74) is 3.35. The summed E-state index contributed by atoms with van der Waals surface area (Å²) in [6.45, 7) is 2.21. The number of anilines is 1. The highest BCUT2D eigenvalue weighted by atomic mass is 32.2. The lowest BCUT2D eigenvalue weighted by atomic mass is 9.98. The number of hydrogen-bond donors (Lipinski definition) is 2. The summed E-state index contributed by atoms with van der Waals surface area (Å²) in [5.74, 6) is -1.20. The zero-order valence-electron chi connectivity index (χ0n) is 18.8. The standard InChI is InChI=1S/C24H29FN2O6S/c25-19-3-1-18(2-4-19)17-33-21-9-13-27(14-10-21)20-5-7-22(8-6-20)34(30,31)24(23(28)26-29)11-15-32-16-12-24/h1-8,21,29H,9-17H2,(H,26,28). The molecule has 8 nitrogen and oxygen atoms in total. The van der Waals surface area contributed by atoms with E-state index in [1.165, 1.54) is 29.7 Å². The number of rotatable bonds is 7. The third-order valence-electron chi connectivity index (χ3n) is 6.68. The van der Waals surface area contributed by atoms with Crippen molar-refractivity contribution in [3.63, 3.8) is 0 Å². The third-order valence-corrected chi connectivity index (χ3v) is 9.20. The van der Waals surface area contributed by atoms with Gasteiger partial charge in [-0.05, 0) is 67.6 Å². The van der Waals surface area contributed by atoms with E-state index in [0.29, 0.717) is 6.61 Å². The molecule has 0 spiro atoms. The Labute approximate surface area is 198 Å². The Morgan fingerprint density at radius 1 is 1.09 bits per heavy atom. The normalized spacial score (nSPS) is 19.1. The van der Waals surface area contributed by atoms with Crippen molar-refractivity contribution in [2.24, 2.45) is 0 Å². The summed E-state index contributed by atoms with van der Waals surface area (Å²) >= 11 is 0. The predicted molar refractivity (Wildman–Crippen MR) is 123 cm³/mol. The van der Waals surface area contributed by atoms with Gasteiger partial charge in [-0.15, -0.1) is 0 Å². The van der Waals surface area contributed by atoms with Crippen LogP contribution in [-0.4, -0.2) is 56.7 Å². The van der Waals surface area contributed by atoms with E-state index >= 15 is 0 Å². The lowest BCUT2D eigenvalue weighted by molar-refractivity contribution is -0.134. The zero-order valence-corrected chi connectivity index (χ0v) is 19.6. The number of piperidine rings is 1. The van der Waals surface area contributed by atoms with Crippen LogP contribution in [-0.2, 0) is 30.7 Å². The summed E-state index contributed by atoms with van der Waals surface area (Å²) in [4.78, 5) is 14.6. The summed E-state index contributed by atoms with van der Waals surface area (Å²) in [6.07, 6.45) is 1.71. The van der Waals surface area contributed by atoms with Crippen LogP contribution in [0.2, 0.25) is 0 Å². The van der Waals surface area contributed by atoms with E-state index in [9.17, 15) is 22.8 Å². The fraction of sp³-hybridized carbons (Fsp3) is 0.458. The maximum atomic E-state index is 13.4. The molecule has 2 heterocycles. The van der Waals surface area contributed by atoms with Gasteiger partial charge in [0.15, 0.2) is 14.6 Å². The Morgan fingerprint density at radius 2 is 1.71 bits per heavy atom. The topological polar surface area (TPSA) is 105 Å². The number of hydrogen-bond acceptors (Lipinski definition) is 7. The molecule has 0 saturated carbocycles. The molecule has 2 aliphatic rings. The average molecular weight is 493 g/mol. The summed E-state index contributed by atoms with van der Waals surface area (Å²) in [7, 11) is -4.04. The maximum absolute atomic E-state index is 13.4. The highest BCUT2D eigenvalue weighted by Crippen LogP contribution is 2.36. The molecule has 0 aliphatic carbocycles. The van der Waals surface area contributed by atoms with Crippen molar-refractivity contribution in [2.45, 2.75) is 48.0 Å². The molecule has 2 aliphatic heterocycles. The van der Waals surface area contributed by atoms with Crippen molar-refractivity contribution in [3.8, 4) is 0 Å². The van der Waals surface area contributed by atoms with Gasteiger partial charge in [0.1, 0.15) is 5.82 Å². The van der Waals surface area contributed by atoms with Gasteiger partial charge in [-0.2, -0.15) is 0 Å². The third kappa shape index (κ3) is 4.95. The number of ether oxygens (including phenoxy) is 2. The number of carbonyl (C=O) groups is 1. The zero-order chi connectivity index (χ0) is 24.2. The van der Waals surface area contributed by atoms with Crippen molar-refractivity contribution in [1.29, 1.82) is 0 Å². The molecule has 0 radical (unpaired) electrons. The smallest absolute Gasteiger partial charge is 0.265 e. The molecule has 184 valence electrons. The highest BCUT2D eigenvalue weighted by Gasteiger charge is 2.52. The first-order valence-electron chi connectivity index (χ1n) is 11.3. The van der Waals surface area contributed by atoms with Crippen molar-refractivity contribution < 1.29 is 32.3 Å². The van der Waals surface area contributed by atoms with Gasteiger partial charge in [0.05, 0.1) is 17.6 Å². The van der Waals surface area contributed by atoms with E-state index in [2.05, 4.69) is 4.90 Å². The van der Waals surface area contributed by atoms with Crippen molar-refractivity contribution in [1.82, 2.24) is 5.48 Å². The first-order valence-corrected chi connectivity index (χ1v) is 12.8. The minimum Gasteiger partial charge on any atom is -0.381 e. The quantitative estimate of drug-likeness (QED) is 0.452. The number of benzene rings is 2. The molecule has 0 aromatic heterocycles. The minimum absolute atomic E-state index is 0.0189. The van der Waals surface area contributed by atoms with Gasteiger partial charge in [-0.25, -0.2) is 18.3 Å². The molecule has 34 heavy (non-hydrogen) atoms. The van der Waals surface area contributed by atoms with Gasteiger partial charge in [0.2, 0.25) is 0 Å². The van der Waals surface area contributed by atoms with Crippen LogP contribution in [0.3, 0.4) is 0 Å². The maximum Gasteiger partial charge on any atom is 0.265 e. The van der Waals surface area contributed by atoms with Gasteiger partial charge in [0.25, 0.3) is 5.91 Å². The molecule has 2 N–H and O–H groups in total. The molecule has 2 aromatic rings. The van der Waals surface area contributed by atoms with Crippen LogP contribution >= 0.6 is 0 Å². The SMILES string of the molecule is O=C(NO)C1(S(=O)(=O)c2ccc(N3CCC(OCc4ccc(F)cc4)CC3)cc2)CCOCC1. The second-order valence-corrected chi connectivity index (χ2v) is 10.9. The van der Waals surface area contributed by atoms with Crippen molar-refractivity contribution in [2.75, 3.05) is 31.2 Å². The number of sulfone groups is 1. The predicted octanol–water partition coefficient (Wildman–Crippen LogP) is 2.84. The lowest BCUT2D eigenvalue weighted by Gasteiger charge is -2.35. The van der Waals surface area contributed by atoms with E-state index in [0.717, 1.165) is 37.2 Å². The number of carbonyl (C=O) groups excluding carboxylic acids is 1. The Balaban J connectivity index is 1.38. The number of amides is 1. The van der Waals surface area contributed by atoms with Crippen LogP contribution in [0.4, 0.5) is 10.1 Å². The minimum atomic E-state index is -4.04. The number of halogens is 1. The molecule has 0 unspecified atom stereocenters. The molecular weight excluding hydrogens is 463 g/mol. The monoisotopic (exact) mass is 492 g/mol. The summed E-state index contributed by atoms with van der Waals surface area (Å²) in [5, 5.41) is 9.18. The Kier molecular flexibility index (Phi) is 7.51. The van der Waals surface area contributed by atoms with Crippen molar-refractivity contribution >= 4 is 21.4 Å². The number of nitrogens with zero attached hydrogens (tertiary/aromatic N) is 1. The van der Waals surface area contributed by atoms with Crippen LogP contribution in [0, 0.1) is 5.82 Å². The first-order chi connectivity index (χ1) is 16.4. The Hall–Kier alpha value is -2.53. The molecule has 10 heteroatoms. The van der Waals surface area contributed by atoms with Gasteiger partial charge in [0, 0.05) is 32.0 Å². The lowest BCUT2D eigenvalue weighted by Crippen LogP contribution is -2.54. The first kappa shape index (κ1) is 24.6. The van der Waals surface area contributed by atoms with E-state index in [1.54, 1.807) is 24.3 Å². The molecule has 4 rings (SSSR count). The number of hydroxylamine groups is 1. The largest absolute Gasteiger partial charge is 0.381 e. The highest BCUT2D eigenvalue weighted by molar-refractivity contribution is 7.93. The Morgan fingerprint density at radius 3 is 2.29 bits per heavy atom. The van der Waals surface area contributed by atoms with Gasteiger partial charge < -0.3 is 14.4 Å². The second kappa shape index (κ2) is 10.4.